The Morgan fingerprint density at radius 1 is 0.622 bits per heavy atom. The van der Waals surface area contributed by atoms with Gasteiger partial charge in [-0.25, -0.2) is 0 Å². The van der Waals surface area contributed by atoms with Crippen LogP contribution in [0.4, 0.5) is 17.1 Å². The van der Waals surface area contributed by atoms with E-state index in [1.807, 2.05) is 72.8 Å². The number of nitrogens with one attached hydrogen (secondary N) is 1. The highest BCUT2D eigenvalue weighted by Crippen LogP contribution is 2.30. The van der Waals surface area contributed by atoms with E-state index in [0.29, 0.717) is 11.4 Å². The van der Waals surface area contributed by atoms with E-state index in [0.717, 1.165) is 16.8 Å². The molecule has 1 unspecified atom stereocenters. The summed E-state index contributed by atoms with van der Waals surface area (Å²) in [6.07, 6.45) is 4.14. The molecule has 0 saturated heterocycles. The number of hydrogen-bond donors (Lipinski definition) is 2. The molecule has 45 heavy (non-hydrogen) atoms. The maximum absolute atomic E-state index is 13.7. The first-order valence-corrected chi connectivity index (χ1v) is 15.3. The van der Waals surface area contributed by atoms with Crippen molar-refractivity contribution < 1.29 is 14.7 Å². The van der Waals surface area contributed by atoms with Crippen molar-refractivity contribution in [1.82, 2.24) is 0 Å². The van der Waals surface area contributed by atoms with Crippen LogP contribution in [0.5, 0.6) is 0 Å². The molecule has 0 heterocycles. The summed E-state index contributed by atoms with van der Waals surface area (Å²) >= 11 is 0. The highest BCUT2D eigenvalue weighted by Gasteiger charge is 2.38. The number of Topliss-reactive ketones (excluding diaryl/α,β-unsaturated/α-hetero) is 2. The largest absolute Gasteiger partial charge is 0.506 e. The third-order valence-electron chi connectivity index (χ3n) is 7.92. The van der Waals surface area contributed by atoms with Crippen molar-refractivity contribution in [3.8, 4) is 0 Å². The van der Waals surface area contributed by atoms with E-state index in [1.54, 1.807) is 0 Å². The van der Waals surface area contributed by atoms with Gasteiger partial charge < -0.3 is 10.4 Å². The van der Waals surface area contributed by atoms with Gasteiger partial charge in [-0.3, -0.25) is 19.6 Å². The van der Waals surface area contributed by atoms with Crippen molar-refractivity contribution in [2.24, 2.45) is 15.9 Å². The lowest BCUT2D eigenvalue weighted by molar-refractivity contribution is -0.126. The Morgan fingerprint density at radius 2 is 1.04 bits per heavy atom. The van der Waals surface area contributed by atoms with Crippen LogP contribution in [0.1, 0.15) is 79.0 Å². The highest BCUT2D eigenvalue weighted by molar-refractivity contribution is 6.34. The van der Waals surface area contributed by atoms with E-state index in [2.05, 4.69) is 77.6 Å². The number of anilines is 1. The molecular formula is C39H45N3O3. The van der Waals surface area contributed by atoms with Gasteiger partial charge in [0.15, 0.2) is 11.6 Å². The predicted molar refractivity (Wildman–Crippen MR) is 187 cm³/mol. The van der Waals surface area contributed by atoms with E-state index < -0.39 is 23.2 Å². The zero-order valence-electron chi connectivity index (χ0n) is 27.9. The van der Waals surface area contributed by atoms with Crippen LogP contribution >= 0.6 is 0 Å². The summed E-state index contributed by atoms with van der Waals surface area (Å²) in [4.78, 5) is 36.3. The summed E-state index contributed by atoms with van der Waals surface area (Å²) in [6.45, 7) is 19.2. The number of aliphatic imine (C=N–C) groups is 2. The van der Waals surface area contributed by atoms with Crippen molar-refractivity contribution in [2.75, 3.05) is 5.32 Å². The molecule has 1 atom stereocenters. The molecule has 3 aromatic carbocycles. The number of nitrogens with zero attached hydrogens (tertiary/aromatic N) is 2. The summed E-state index contributed by atoms with van der Waals surface area (Å²) in [6, 6.07) is 23.3. The van der Waals surface area contributed by atoms with Gasteiger partial charge in [0.05, 0.1) is 22.5 Å². The molecule has 0 aliphatic heterocycles. The van der Waals surface area contributed by atoms with Crippen LogP contribution in [0.2, 0.25) is 0 Å². The Bertz CT molecular complexity index is 1670. The Labute approximate surface area is 267 Å². The summed E-state index contributed by atoms with van der Waals surface area (Å²) < 4.78 is 0. The lowest BCUT2D eigenvalue weighted by Gasteiger charge is -2.21. The van der Waals surface area contributed by atoms with E-state index in [4.69, 9.17) is 0 Å². The quantitative estimate of drug-likeness (QED) is 0.167. The van der Waals surface area contributed by atoms with Crippen LogP contribution in [-0.4, -0.2) is 29.1 Å². The van der Waals surface area contributed by atoms with Crippen LogP contribution in [0.15, 0.2) is 106 Å². The fourth-order valence-electron chi connectivity index (χ4n) is 4.85. The Hall–Kier alpha value is -4.58. The number of hydrogen-bond acceptors (Lipinski definition) is 6. The molecule has 4 rings (SSSR count). The fourth-order valence-corrected chi connectivity index (χ4v) is 4.85. The minimum Gasteiger partial charge on any atom is -0.506 e. The Kier molecular flexibility index (Phi) is 9.48. The number of carbonyl (C=O) groups is 2. The molecule has 0 spiro atoms. The second-order valence-corrected chi connectivity index (χ2v) is 14.6. The lowest BCUT2D eigenvalue weighted by Crippen LogP contribution is -2.35. The molecule has 3 aromatic rings. The minimum atomic E-state index is -1.22. The van der Waals surface area contributed by atoms with Crippen LogP contribution in [-0.2, 0) is 25.8 Å². The number of aliphatic hydroxyl groups is 1. The van der Waals surface area contributed by atoms with Crippen molar-refractivity contribution in [3.63, 3.8) is 0 Å². The minimum absolute atomic E-state index is 0.00137. The first-order valence-electron chi connectivity index (χ1n) is 15.3. The average molecular weight is 604 g/mol. The van der Waals surface area contributed by atoms with Gasteiger partial charge in [0, 0.05) is 24.3 Å². The van der Waals surface area contributed by atoms with Gasteiger partial charge in [-0.15, -0.1) is 0 Å². The monoisotopic (exact) mass is 603 g/mol. The van der Waals surface area contributed by atoms with Gasteiger partial charge >= 0.3 is 0 Å². The van der Waals surface area contributed by atoms with Gasteiger partial charge in [0.2, 0.25) is 0 Å². The molecule has 234 valence electrons. The van der Waals surface area contributed by atoms with Crippen LogP contribution in [0.3, 0.4) is 0 Å². The van der Waals surface area contributed by atoms with E-state index in [1.165, 1.54) is 24.2 Å². The smallest absolute Gasteiger partial charge is 0.184 e. The molecule has 0 amide bonds. The van der Waals surface area contributed by atoms with Crippen LogP contribution in [0, 0.1) is 5.92 Å². The summed E-state index contributed by atoms with van der Waals surface area (Å²) in [7, 11) is 0. The van der Waals surface area contributed by atoms with Crippen molar-refractivity contribution in [2.45, 2.75) is 78.6 Å². The first kappa shape index (κ1) is 33.3. The fraction of sp³-hybridized carbons (Fsp3) is 0.333. The second kappa shape index (κ2) is 12.8. The molecule has 6 nitrogen and oxygen atoms in total. The summed E-state index contributed by atoms with van der Waals surface area (Å²) in [5.74, 6) is -2.74. The number of carbonyl (C=O) groups excluding carboxylic acids is 2. The maximum Gasteiger partial charge on any atom is 0.184 e. The van der Waals surface area contributed by atoms with E-state index in [-0.39, 0.29) is 27.4 Å². The molecule has 0 radical (unpaired) electrons. The van der Waals surface area contributed by atoms with Crippen molar-refractivity contribution in [1.29, 1.82) is 0 Å². The molecule has 0 bridgehead atoms. The number of allylic oxidation sites excluding steroid dienone is 2. The topological polar surface area (TPSA) is 91.1 Å². The van der Waals surface area contributed by atoms with Crippen molar-refractivity contribution >= 4 is 41.1 Å². The molecule has 0 fully saturated rings. The van der Waals surface area contributed by atoms with Gasteiger partial charge in [-0.2, -0.15) is 0 Å². The first-order chi connectivity index (χ1) is 20.9. The Morgan fingerprint density at radius 3 is 1.49 bits per heavy atom. The van der Waals surface area contributed by atoms with Crippen molar-refractivity contribution in [3.05, 3.63) is 113 Å². The summed E-state index contributed by atoms with van der Waals surface area (Å²) in [5, 5.41) is 14.4. The van der Waals surface area contributed by atoms with Gasteiger partial charge in [0.1, 0.15) is 11.7 Å². The Balaban J connectivity index is 1.69. The standard InChI is InChI=1S/C39H45N3O3/c1-37(2,3)25-10-16-28(17-11-25)40-22-31-34(43)32(23-41-29-18-12-26(13-19-29)38(4,5)6)36(45)33(35(31)44)24-42-30-20-14-27(15-21-30)39(7,8)9/h10-24,31,41,45H,1-9H3/b32-23-,40-22?,42-24?. The molecule has 6 heteroatoms. The highest BCUT2D eigenvalue weighted by atomic mass is 16.3. The van der Waals surface area contributed by atoms with Gasteiger partial charge in [-0.05, 0) is 69.3 Å². The molecule has 0 saturated carbocycles. The zero-order valence-corrected chi connectivity index (χ0v) is 27.9. The summed E-state index contributed by atoms with van der Waals surface area (Å²) in [5.41, 5.74) is 5.38. The third-order valence-corrected chi connectivity index (χ3v) is 7.92. The van der Waals surface area contributed by atoms with E-state index >= 15 is 0 Å². The van der Waals surface area contributed by atoms with Gasteiger partial charge in [0.25, 0.3) is 0 Å². The van der Waals surface area contributed by atoms with E-state index in [9.17, 15) is 14.7 Å². The average Bonchev–Trinajstić information content (AvgIpc) is 2.96. The molecule has 1 aliphatic carbocycles. The molecule has 1 aliphatic rings. The van der Waals surface area contributed by atoms with Crippen LogP contribution in [0.25, 0.3) is 0 Å². The maximum atomic E-state index is 13.7. The third kappa shape index (κ3) is 8.13. The number of ketones is 2. The normalized spacial score (nSPS) is 17.6. The zero-order chi connectivity index (χ0) is 33.2. The number of aliphatic hydroxyl groups excluding tert-OH is 1. The predicted octanol–water partition coefficient (Wildman–Crippen LogP) is 9.26. The lowest BCUT2D eigenvalue weighted by atomic mass is 9.83. The SMILES string of the molecule is CC(C)(C)c1ccc(N=CC2=C(O)/C(=C\Nc3ccc(C(C)(C)C)cc3)C(=O)C(C=Nc3ccc(C(C)(C)C)cc3)C2=O)cc1. The van der Waals surface area contributed by atoms with Gasteiger partial charge in [-0.1, -0.05) is 98.7 Å². The molecule has 2 N–H and O–H groups in total. The molecule has 0 aromatic heterocycles. The number of rotatable bonds is 6. The number of benzene rings is 3. The second-order valence-electron chi connectivity index (χ2n) is 14.6. The molecular weight excluding hydrogens is 558 g/mol. The van der Waals surface area contributed by atoms with Crippen LogP contribution < -0.4 is 5.32 Å².